The monoisotopic (exact) mass is 270 g/mol. The molecule has 102 valence electrons. The maximum Gasteiger partial charge on any atom is 0.124 e. The lowest BCUT2D eigenvalue weighted by molar-refractivity contribution is 0.520. The first-order valence-corrected chi connectivity index (χ1v) is 6.81. The molecular formula is C13H23ClN4. The number of rotatable bonds is 3. The van der Waals surface area contributed by atoms with E-state index in [1.807, 2.05) is 12.2 Å². The first-order chi connectivity index (χ1) is 8.74. The molecule has 0 aromatic rings. The van der Waals surface area contributed by atoms with E-state index < -0.39 is 0 Å². The lowest BCUT2D eigenvalue weighted by Gasteiger charge is -2.17. The topological polar surface area (TPSA) is 62.1 Å². The third-order valence-corrected chi connectivity index (χ3v) is 3.09. The summed E-state index contributed by atoms with van der Waals surface area (Å²) in [7, 11) is 0. The van der Waals surface area contributed by atoms with Crippen LogP contribution in [-0.4, -0.2) is 13.1 Å². The minimum Gasteiger partial charge on any atom is -0.384 e. The van der Waals surface area contributed by atoms with Gasteiger partial charge in [0.25, 0.3) is 0 Å². The van der Waals surface area contributed by atoms with Crippen molar-refractivity contribution in [3.05, 3.63) is 35.3 Å². The second kappa shape index (κ2) is 8.89. The van der Waals surface area contributed by atoms with Crippen molar-refractivity contribution in [1.29, 1.82) is 0 Å². The van der Waals surface area contributed by atoms with E-state index in [1.165, 1.54) is 32.4 Å². The molecule has 5 heteroatoms. The number of piperidine rings is 1. The summed E-state index contributed by atoms with van der Waals surface area (Å²) >= 11 is 5.86. The highest BCUT2D eigenvalue weighted by atomic mass is 35.5. The molecule has 0 unspecified atom stereocenters. The van der Waals surface area contributed by atoms with Gasteiger partial charge in [-0.3, -0.25) is 10.9 Å². The van der Waals surface area contributed by atoms with Crippen LogP contribution in [0.2, 0.25) is 0 Å². The van der Waals surface area contributed by atoms with E-state index >= 15 is 0 Å². The smallest absolute Gasteiger partial charge is 0.124 e. The second-order valence-corrected chi connectivity index (χ2v) is 4.70. The Morgan fingerprint density at radius 3 is 2.50 bits per heavy atom. The summed E-state index contributed by atoms with van der Waals surface area (Å²) in [5, 5.41) is 3.89. The van der Waals surface area contributed by atoms with Crippen molar-refractivity contribution in [2.75, 3.05) is 13.1 Å². The summed E-state index contributed by atoms with van der Waals surface area (Å²) in [6.07, 6.45) is 9.65. The van der Waals surface area contributed by atoms with Crippen molar-refractivity contribution in [2.45, 2.75) is 32.1 Å². The zero-order valence-corrected chi connectivity index (χ0v) is 11.5. The molecule has 2 rings (SSSR count). The van der Waals surface area contributed by atoms with Gasteiger partial charge in [0.1, 0.15) is 11.0 Å². The molecule has 2 aliphatic rings. The van der Waals surface area contributed by atoms with Crippen LogP contribution in [0, 0.1) is 0 Å². The predicted molar refractivity (Wildman–Crippen MR) is 77.6 cm³/mol. The fraction of sp³-hybridized carbons (Fsp3) is 0.538. The Balaban J connectivity index is 0.000000225. The van der Waals surface area contributed by atoms with E-state index in [9.17, 15) is 0 Å². The molecule has 0 bridgehead atoms. The molecule has 0 atom stereocenters. The van der Waals surface area contributed by atoms with Crippen LogP contribution in [0.15, 0.2) is 35.3 Å². The van der Waals surface area contributed by atoms with Gasteiger partial charge >= 0.3 is 0 Å². The highest BCUT2D eigenvalue weighted by Gasteiger charge is 2.07. The number of halogens is 1. The van der Waals surface area contributed by atoms with Gasteiger partial charge < -0.3 is 11.1 Å². The fourth-order valence-electron chi connectivity index (χ4n) is 1.74. The molecule has 0 aliphatic carbocycles. The van der Waals surface area contributed by atoms with E-state index in [0.29, 0.717) is 11.0 Å². The number of allylic oxidation sites excluding steroid dienone is 3. The predicted octanol–water partition coefficient (Wildman–Crippen LogP) is 2.07. The van der Waals surface area contributed by atoms with E-state index in [1.54, 1.807) is 0 Å². The molecule has 2 aliphatic heterocycles. The van der Waals surface area contributed by atoms with Crippen LogP contribution in [0.1, 0.15) is 32.1 Å². The van der Waals surface area contributed by atoms with Crippen LogP contribution >= 0.6 is 11.6 Å². The van der Waals surface area contributed by atoms with Gasteiger partial charge in [0.2, 0.25) is 0 Å². The fourth-order valence-corrected chi connectivity index (χ4v) is 1.93. The summed E-state index contributed by atoms with van der Waals surface area (Å²) in [4.78, 5) is 0. The van der Waals surface area contributed by atoms with Gasteiger partial charge in [-0.2, -0.15) is 0 Å². The van der Waals surface area contributed by atoms with Crippen LogP contribution in [0.4, 0.5) is 0 Å². The lowest BCUT2D eigenvalue weighted by Crippen LogP contribution is -2.35. The van der Waals surface area contributed by atoms with Crippen molar-refractivity contribution in [1.82, 2.24) is 16.2 Å². The molecule has 18 heavy (non-hydrogen) atoms. The summed E-state index contributed by atoms with van der Waals surface area (Å²) < 4.78 is 0. The molecule has 0 amide bonds. The van der Waals surface area contributed by atoms with Gasteiger partial charge in [0, 0.05) is 0 Å². The first-order valence-electron chi connectivity index (χ1n) is 6.43. The molecular weight excluding hydrogens is 248 g/mol. The number of nitrogens with two attached hydrogens (primary N) is 1. The maximum absolute atomic E-state index is 5.86. The van der Waals surface area contributed by atoms with Crippen molar-refractivity contribution in [2.24, 2.45) is 5.73 Å². The van der Waals surface area contributed by atoms with Crippen LogP contribution in [0.5, 0.6) is 0 Å². The van der Waals surface area contributed by atoms with Crippen molar-refractivity contribution < 1.29 is 0 Å². The Kier molecular flexibility index (Phi) is 7.37. The Morgan fingerprint density at radius 2 is 2.00 bits per heavy atom. The van der Waals surface area contributed by atoms with E-state index in [2.05, 4.69) is 22.7 Å². The maximum atomic E-state index is 5.86. The third-order valence-electron chi connectivity index (χ3n) is 2.75. The Bertz CT molecular complexity index is 307. The number of nitrogens with one attached hydrogen (secondary N) is 3. The lowest BCUT2D eigenvalue weighted by atomic mass is 10.1. The summed E-state index contributed by atoms with van der Waals surface area (Å²) in [6.45, 7) is 6.14. The summed E-state index contributed by atoms with van der Waals surface area (Å²) in [5.41, 5.74) is 12.0. The molecule has 4 nitrogen and oxygen atoms in total. The van der Waals surface area contributed by atoms with Crippen LogP contribution in [0.25, 0.3) is 0 Å². The molecule has 0 radical (unpaired) electrons. The molecule has 0 spiro atoms. The molecule has 1 saturated heterocycles. The van der Waals surface area contributed by atoms with Gasteiger partial charge in [-0.25, -0.2) is 0 Å². The molecule has 0 aromatic carbocycles. The average molecular weight is 271 g/mol. The van der Waals surface area contributed by atoms with Crippen LogP contribution < -0.4 is 21.9 Å². The van der Waals surface area contributed by atoms with Gasteiger partial charge in [-0.05, 0) is 50.4 Å². The normalized spacial score (nSPS) is 18.8. The molecule has 1 fully saturated rings. The Hall–Kier alpha value is -1.13. The molecule has 2 heterocycles. The molecule has 5 N–H and O–H groups in total. The van der Waals surface area contributed by atoms with Crippen molar-refractivity contribution in [3.63, 3.8) is 0 Å². The van der Waals surface area contributed by atoms with E-state index in [-0.39, 0.29) is 0 Å². The molecule has 0 saturated carbocycles. The number of hydrazine groups is 1. The zero-order valence-electron chi connectivity index (χ0n) is 10.8. The largest absolute Gasteiger partial charge is 0.384 e. The second-order valence-electron chi connectivity index (χ2n) is 4.33. The Morgan fingerprint density at radius 1 is 1.28 bits per heavy atom. The van der Waals surface area contributed by atoms with Crippen molar-refractivity contribution in [3.8, 4) is 0 Å². The van der Waals surface area contributed by atoms with Crippen LogP contribution in [0.3, 0.4) is 0 Å². The minimum atomic E-state index is 0.582. The standard InChI is InChI=1S/C8H12ClN3.C5H11N/c1-2-3-4-6-5-7(10)11-12-8(6)9;1-2-4-6-5-3-1/h2,5,11-12H,1,3-4,10H2;6H,1-5H2. The number of hydrogen-bond donors (Lipinski definition) is 4. The summed E-state index contributed by atoms with van der Waals surface area (Å²) in [5.74, 6) is 0.582. The highest BCUT2D eigenvalue weighted by molar-refractivity contribution is 6.29. The average Bonchev–Trinajstić information content (AvgIpc) is 2.42. The minimum absolute atomic E-state index is 0.582. The first kappa shape index (κ1) is 14.9. The van der Waals surface area contributed by atoms with Gasteiger partial charge in [-0.1, -0.05) is 24.1 Å². The van der Waals surface area contributed by atoms with Gasteiger partial charge in [0.15, 0.2) is 0 Å². The van der Waals surface area contributed by atoms with Crippen LogP contribution in [-0.2, 0) is 0 Å². The zero-order chi connectivity index (χ0) is 13.2. The third kappa shape index (κ3) is 5.98. The van der Waals surface area contributed by atoms with E-state index in [0.717, 1.165) is 18.4 Å². The van der Waals surface area contributed by atoms with Crippen molar-refractivity contribution >= 4 is 11.6 Å². The Labute approximate surface area is 114 Å². The van der Waals surface area contributed by atoms with Gasteiger partial charge in [0.05, 0.1) is 0 Å². The van der Waals surface area contributed by atoms with E-state index in [4.69, 9.17) is 17.3 Å². The SMILES string of the molecule is C1CCNCC1.C=CCCC1=C(Cl)NNC(N)=C1. The summed E-state index contributed by atoms with van der Waals surface area (Å²) in [6, 6.07) is 0. The number of hydrogen-bond acceptors (Lipinski definition) is 4. The van der Waals surface area contributed by atoms with Gasteiger partial charge in [-0.15, -0.1) is 6.58 Å². The highest BCUT2D eigenvalue weighted by Crippen LogP contribution is 2.16. The molecule has 0 aromatic heterocycles. The quantitative estimate of drug-likeness (QED) is 0.468.